The van der Waals surface area contributed by atoms with E-state index in [-0.39, 0.29) is 28.4 Å². The molecule has 0 saturated carbocycles. The molecular formula is C17H16ClFN2O2S. The minimum Gasteiger partial charge on any atom is -0.337 e. The topological polar surface area (TPSA) is 49.4 Å². The van der Waals surface area contributed by atoms with Crippen molar-refractivity contribution in [3.8, 4) is 0 Å². The quantitative estimate of drug-likeness (QED) is 0.891. The van der Waals surface area contributed by atoms with E-state index in [9.17, 15) is 14.0 Å². The Morgan fingerprint density at radius 3 is 2.88 bits per heavy atom. The SMILES string of the molecule is O=C(Nc1cccc(Cl)c1F)C1CCCN(C(=O)c2cccs2)C1. The minimum atomic E-state index is -0.644. The van der Waals surface area contributed by atoms with E-state index in [0.29, 0.717) is 24.4 Å². The van der Waals surface area contributed by atoms with Crippen molar-refractivity contribution in [1.29, 1.82) is 0 Å². The van der Waals surface area contributed by atoms with Crippen molar-refractivity contribution in [3.63, 3.8) is 0 Å². The maximum Gasteiger partial charge on any atom is 0.263 e. The molecule has 1 aromatic carbocycles. The highest BCUT2D eigenvalue weighted by Crippen LogP contribution is 2.25. The van der Waals surface area contributed by atoms with Crippen molar-refractivity contribution in [2.75, 3.05) is 18.4 Å². The van der Waals surface area contributed by atoms with Crippen LogP contribution in [0.25, 0.3) is 0 Å². The fourth-order valence-corrected chi connectivity index (χ4v) is 3.63. The van der Waals surface area contributed by atoms with Gasteiger partial charge in [-0.2, -0.15) is 0 Å². The second-order valence-corrected chi connectivity index (χ2v) is 7.01. The number of nitrogens with zero attached hydrogens (tertiary/aromatic N) is 1. The number of likely N-dealkylation sites (tertiary alicyclic amines) is 1. The van der Waals surface area contributed by atoms with E-state index in [4.69, 9.17) is 11.6 Å². The van der Waals surface area contributed by atoms with Crippen molar-refractivity contribution in [2.45, 2.75) is 12.8 Å². The second kappa shape index (κ2) is 7.32. The number of anilines is 1. The molecule has 0 radical (unpaired) electrons. The van der Waals surface area contributed by atoms with E-state index < -0.39 is 5.82 Å². The van der Waals surface area contributed by atoms with E-state index in [2.05, 4.69) is 5.32 Å². The summed E-state index contributed by atoms with van der Waals surface area (Å²) >= 11 is 7.11. The summed E-state index contributed by atoms with van der Waals surface area (Å²) in [5, 5.41) is 4.40. The van der Waals surface area contributed by atoms with Crippen LogP contribution in [0.2, 0.25) is 5.02 Å². The van der Waals surface area contributed by atoms with Crippen molar-refractivity contribution >= 4 is 40.4 Å². The molecular weight excluding hydrogens is 351 g/mol. The Labute approximate surface area is 148 Å². The molecule has 1 atom stereocenters. The number of carbonyl (C=O) groups is 2. The van der Waals surface area contributed by atoms with Gasteiger partial charge in [0.05, 0.1) is 21.5 Å². The molecule has 2 aromatic rings. The summed E-state index contributed by atoms with van der Waals surface area (Å²) in [6, 6.07) is 8.07. The lowest BCUT2D eigenvalue weighted by atomic mass is 9.97. The fourth-order valence-electron chi connectivity index (χ4n) is 2.77. The highest BCUT2D eigenvalue weighted by atomic mass is 35.5. The summed E-state index contributed by atoms with van der Waals surface area (Å²) in [4.78, 5) is 27.2. The predicted molar refractivity (Wildman–Crippen MR) is 93.0 cm³/mol. The van der Waals surface area contributed by atoms with E-state index in [1.54, 1.807) is 17.0 Å². The van der Waals surface area contributed by atoms with Gasteiger partial charge in [0.15, 0.2) is 5.82 Å². The van der Waals surface area contributed by atoms with Crippen LogP contribution in [-0.2, 0) is 4.79 Å². The number of hydrogen-bond donors (Lipinski definition) is 1. The molecule has 1 aliphatic heterocycles. The first-order valence-corrected chi connectivity index (χ1v) is 8.89. The molecule has 1 unspecified atom stereocenters. The normalized spacial score (nSPS) is 17.6. The molecule has 2 heterocycles. The summed E-state index contributed by atoms with van der Waals surface area (Å²) < 4.78 is 13.9. The van der Waals surface area contributed by atoms with Crippen LogP contribution in [0.5, 0.6) is 0 Å². The molecule has 4 nitrogen and oxygen atoms in total. The van der Waals surface area contributed by atoms with Gasteiger partial charge in [-0.3, -0.25) is 9.59 Å². The highest BCUT2D eigenvalue weighted by Gasteiger charge is 2.29. The van der Waals surface area contributed by atoms with Crippen molar-refractivity contribution in [2.24, 2.45) is 5.92 Å². The van der Waals surface area contributed by atoms with Crippen LogP contribution in [0, 0.1) is 11.7 Å². The van der Waals surface area contributed by atoms with Crippen LogP contribution < -0.4 is 5.32 Å². The average Bonchev–Trinajstić information content (AvgIpc) is 3.13. The largest absolute Gasteiger partial charge is 0.337 e. The van der Waals surface area contributed by atoms with E-state index in [0.717, 1.165) is 6.42 Å². The zero-order chi connectivity index (χ0) is 17.1. The van der Waals surface area contributed by atoms with Gasteiger partial charge in [-0.25, -0.2) is 4.39 Å². The Balaban J connectivity index is 1.67. The van der Waals surface area contributed by atoms with Gasteiger partial charge >= 0.3 is 0 Å². The molecule has 0 aliphatic carbocycles. The summed E-state index contributed by atoms with van der Waals surface area (Å²) in [6.07, 6.45) is 1.41. The number of thiophene rings is 1. The standard InChI is InChI=1S/C17H16ClFN2O2S/c18-12-5-1-6-13(15(12)19)20-16(22)11-4-2-8-21(10-11)17(23)14-7-3-9-24-14/h1,3,5-7,9,11H,2,4,8,10H2,(H,20,22). The third-order valence-corrected chi connectivity index (χ3v) is 5.17. The zero-order valence-electron chi connectivity index (χ0n) is 12.8. The number of carbonyl (C=O) groups excluding carboxylic acids is 2. The molecule has 24 heavy (non-hydrogen) atoms. The molecule has 1 N–H and O–H groups in total. The fraction of sp³-hybridized carbons (Fsp3) is 0.294. The van der Waals surface area contributed by atoms with Crippen LogP contribution in [0.15, 0.2) is 35.7 Å². The Hall–Kier alpha value is -1.92. The van der Waals surface area contributed by atoms with Gasteiger partial charge in [0.1, 0.15) is 0 Å². The van der Waals surface area contributed by atoms with Gasteiger partial charge in [0.2, 0.25) is 5.91 Å². The smallest absolute Gasteiger partial charge is 0.263 e. The molecule has 1 fully saturated rings. The third-order valence-electron chi connectivity index (χ3n) is 4.02. The number of rotatable bonds is 3. The lowest BCUT2D eigenvalue weighted by Crippen LogP contribution is -2.43. The molecule has 126 valence electrons. The molecule has 3 rings (SSSR count). The number of amides is 2. The highest BCUT2D eigenvalue weighted by molar-refractivity contribution is 7.12. The summed E-state index contributed by atoms with van der Waals surface area (Å²) in [7, 11) is 0. The minimum absolute atomic E-state index is 0.0362. The third kappa shape index (κ3) is 3.60. The number of nitrogens with one attached hydrogen (secondary N) is 1. The van der Waals surface area contributed by atoms with Gasteiger partial charge in [-0.05, 0) is 36.4 Å². The van der Waals surface area contributed by atoms with Crippen molar-refractivity contribution in [3.05, 3.63) is 51.4 Å². The van der Waals surface area contributed by atoms with Crippen LogP contribution >= 0.6 is 22.9 Å². The first-order valence-electron chi connectivity index (χ1n) is 7.64. The maximum atomic E-state index is 13.9. The number of halogens is 2. The summed E-state index contributed by atoms with van der Waals surface area (Å²) in [5.74, 6) is -1.35. The lowest BCUT2D eigenvalue weighted by Gasteiger charge is -2.31. The van der Waals surface area contributed by atoms with Gasteiger partial charge < -0.3 is 10.2 Å². The Morgan fingerprint density at radius 1 is 1.29 bits per heavy atom. The summed E-state index contributed by atoms with van der Waals surface area (Å²) in [6.45, 7) is 0.969. The van der Waals surface area contributed by atoms with Gasteiger partial charge in [0, 0.05) is 13.1 Å². The number of hydrogen-bond acceptors (Lipinski definition) is 3. The molecule has 2 amide bonds. The van der Waals surface area contributed by atoms with Gasteiger partial charge in [0.25, 0.3) is 5.91 Å². The molecule has 0 spiro atoms. The Kier molecular flexibility index (Phi) is 5.16. The van der Waals surface area contributed by atoms with E-state index >= 15 is 0 Å². The Morgan fingerprint density at radius 2 is 2.12 bits per heavy atom. The predicted octanol–water partition coefficient (Wildman–Crippen LogP) is 4.03. The van der Waals surface area contributed by atoms with Crippen LogP contribution in [-0.4, -0.2) is 29.8 Å². The number of piperidine rings is 1. The Bertz CT molecular complexity index is 751. The molecule has 7 heteroatoms. The first-order chi connectivity index (χ1) is 11.6. The summed E-state index contributed by atoms with van der Waals surface area (Å²) in [5.41, 5.74) is 0.0641. The van der Waals surface area contributed by atoms with Crippen molar-refractivity contribution < 1.29 is 14.0 Å². The average molecular weight is 367 g/mol. The van der Waals surface area contributed by atoms with E-state index in [1.165, 1.54) is 23.5 Å². The van der Waals surface area contributed by atoms with Gasteiger partial charge in [-0.15, -0.1) is 11.3 Å². The monoisotopic (exact) mass is 366 g/mol. The molecule has 0 bridgehead atoms. The number of benzene rings is 1. The lowest BCUT2D eigenvalue weighted by molar-refractivity contribution is -0.121. The zero-order valence-corrected chi connectivity index (χ0v) is 14.4. The maximum absolute atomic E-state index is 13.9. The molecule has 1 aromatic heterocycles. The second-order valence-electron chi connectivity index (χ2n) is 5.66. The first kappa shape index (κ1) is 16.9. The molecule has 1 saturated heterocycles. The van der Waals surface area contributed by atoms with Crippen LogP contribution in [0.4, 0.5) is 10.1 Å². The van der Waals surface area contributed by atoms with Crippen LogP contribution in [0.3, 0.4) is 0 Å². The van der Waals surface area contributed by atoms with E-state index in [1.807, 2.05) is 11.4 Å². The van der Waals surface area contributed by atoms with Crippen LogP contribution in [0.1, 0.15) is 22.5 Å². The van der Waals surface area contributed by atoms with Crippen molar-refractivity contribution in [1.82, 2.24) is 4.90 Å². The molecule has 1 aliphatic rings. The van der Waals surface area contributed by atoms with Gasteiger partial charge in [-0.1, -0.05) is 23.7 Å².